The molecule has 6 heteroatoms. The summed E-state index contributed by atoms with van der Waals surface area (Å²) in [6.07, 6.45) is 1.67. The zero-order valence-electron chi connectivity index (χ0n) is 10.9. The molecule has 0 heterocycles. The van der Waals surface area contributed by atoms with Gasteiger partial charge >= 0.3 is 0 Å². The maximum absolute atomic E-state index is 13.5. The number of hydrogen-bond acceptors (Lipinski definition) is 2. The third-order valence-corrected chi connectivity index (χ3v) is 3.41. The Morgan fingerprint density at radius 2 is 1.89 bits per heavy atom. The van der Waals surface area contributed by atoms with E-state index in [0.717, 1.165) is 25.0 Å². The van der Waals surface area contributed by atoms with E-state index in [1.54, 1.807) is 0 Å². The van der Waals surface area contributed by atoms with Gasteiger partial charge in [-0.3, -0.25) is 4.79 Å². The van der Waals surface area contributed by atoms with Crippen molar-refractivity contribution in [3.8, 4) is 0 Å². The molecule has 0 bridgehead atoms. The van der Waals surface area contributed by atoms with Crippen LogP contribution in [0.5, 0.6) is 0 Å². The molecule has 0 radical (unpaired) electrons. The fourth-order valence-electron chi connectivity index (χ4n) is 1.61. The van der Waals surface area contributed by atoms with E-state index in [9.17, 15) is 13.6 Å². The number of carbonyl (C=O) groups is 1. The van der Waals surface area contributed by atoms with E-state index < -0.39 is 11.6 Å². The van der Waals surface area contributed by atoms with Crippen LogP contribution in [0.1, 0.15) is 26.7 Å². The molecule has 0 aliphatic rings. The monoisotopic (exact) mass is 334 g/mol. The van der Waals surface area contributed by atoms with Gasteiger partial charge in [0.25, 0.3) is 0 Å². The van der Waals surface area contributed by atoms with E-state index in [1.807, 2.05) is 13.8 Å². The second-order valence-electron chi connectivity index (χ2n) is 4.18. The van der Waals surface area contributed by atoms with Crippen molar-refractivity contribution < 1.29 is 13.6 Å². The molecule has 1 aromatic rings. The van der Waals surface area contributed by atoms with E-state index in [0.29, 0.717) is 0 Å². The third-order valence-electron chi connectivity index (χ3n) is 2.80. The number of carbonyl (C=O) groups excluding carboxylic acids is 1. The van der Waals surface area contributed by atoms with Crippen LogP contribution >= 0.6 is 15.9 Å². The van der Waals surface area contributed by atoms with Gasteiger partial charge in [-0.1, -0.05) is 13.8 Å². The molecule has 0 fully saturated rings. The minimum Gasteiger partial charge on any atom is -0.374 e. The molecular formula is C13H17BrF2N2O. The number of amides is 1. The predicted octanol–water partition coefficient (Wildman–Crippen LogP) is 3.44. The Bertz CT molecular complexity index is 451. The van der Waals surface area contributed by atoms with E-state index in [4.69, 9.17) is 0 Å². The van der Waals surface area contributed by atoms with Gasteiger partial charge in [0.1, 0.15) is 11.6 Å². The van der Waals surface area contributed by atoms with Crippen molar-refractivity contribution in [3.63, 3.8) is 0 Å². The third kappa shape index (κ3) is 4.78. The lowest BCUT2D eigenvalue weighted by atomic mass is 10.2. The maximum atomic E-state index is 13.5. The highest BCUT2D eigenvalue weighted by atomic mass is 79.9. The SMILES string of the molecule is CCC(CC)NC(=O)CNc1cc(F)c(Br)cc1F. The van der Waals surface area contributed by atoms with Gasteiger partial charge in [0, 0.05) is 12.1 Å². The summed E-state index contributed by atoms with van der Waals surface area (Å²) in [5, 5.41) is 5.39. The molecule has 0 spiro atoms. The Balaban J connectivity index is 2.57. The number of hydrogen-bond donors (Lipinski definition) is 2. The largest absolute Gasteiger partial charge is 0.374 e. The zero-order valence-corrected chi connectivity index (χ0v) is 12.5. The summed E-state index contributed by atoms with van der Waals surface area (Å²) < 4.78 is 26.8. The highest BCUT2D eigenvalue weighted by molar-refractivity contribution is 9.10. The average molecular weight is 335 g/mol. The summed E-state index contributed by atoms with van der Waals surface area (Å²) in [4.78, 5) is 11.6. The molecule has 0 saturated carbocycles. The number of nitrogens with one attached hydrogen (secondary N) is 2. The highest BCUT2D eigenvalue weighted by Gasteiger charge is 2.11. The van der Waals surface area contributed by atoms with E-state index in [1.165, 1.54) is 0 Å². The number of benzene rings is 1. The summed E-state index contributed by atoms with van der Waals surface area (Å²) >= 11 is 2.89. The van der Waals surface area contributed by atoms with Gasteiger partial charge in [0.2, 0.25) is 5.91 Å². The van der Waals surface area contributed by atoms with Crippen molar-refractivity contribution in [1.82, 2.24) is 5.32 Å². The van der Waals surface area contributed by atoms with Gasteiger partial charge in [0.15, 0.2) is 0 Å². The van der Waals surface area contributed by atoms with Crippen molar-refractivity contribution >= 4 is 27.5 Å². The lowest BCUT2D eigenvalue weighted by Gasteiger charge is -2.15. The molecule has 0 aromatic heterocycles. The summed E-state index contributed by atoms with van der Waals surface area (Å²) in [6, 6.07) is 2.15. The second-order valence-corrected chi connectivity index (χ2v) is 5.03. The van der Waals surface area contributed by atoms with Crippen LogP contribution in [0.25, 0.3) is 0 Å². The fourth-order valence-corrected chi connectivity index (χ4v) is 1.92. The molecule has 0 unspecified atom stereocenters. The van der Waals surface area contributed by atoms with Crippen LogP contribution in [0.15, 0.2) is 16.6 Å². The van der Waals surface area contributed by atoms with E-state index >= 15 is 0 Å². The fraction of sp³-hybridized carbons (Fsp3) is 0.462. The molecule has 106 valence electrons. The van der Waals surface area contributed by atoms with Crippen molar-refractivity contribution in [2.24, 2.45) is 0 Å². The van der Waals surface area contributed by atoms with Gasteiger partial charge in [-0.25, -0.2) is 8.78 Å². The molecule has 0 atom stereocenters. The van der Waals surface area contributed by atoms with Crippen molar-refractivity contribution in [2.75, 3.05) is 11.9 Å². The summed E-state index contributed by atoms with van der Waals surface area (Å²) in [6.45, 7) is 3.87. The Morgan fingerprint density at radius 1 is 1.26 bits per heavy atom. The maximum Gasteiger partial charge on any atom is 0.239 e. The van der Waals surface area contributed by atoms with Crippen LogP contribution in [0.2, 0.25) is 0 Å². The average Bonchev–Trinajstić information content (AvgIpc) is 2.38. The van der Waals surface area contributed by atoms with E-state index in [2.05, 4.69) is 26.6 Å². The standard InChI is InChI=1S/C13H17BrF2N2O/c1-3-8(4-2)18-13(19)7-17-12-6-10(15)9(14)5-11(12)16/h5-6,8,17H,3-4,7H2,1-2H3,(H,18,19). The van der Waals surface area contributed by atoms with E-state index in [-0.39, 0.29) is 28.7 Å². The van der Waals surface area contributed by atoms with Gasteiger partial charge in [-0.15, -0.1) is 0 Å². The summed E-state index contributed by atoms with van der Waals surface area (Å²) in [7, 11) is 0. The smallest absolute Gasteiger partial charge is 0.239 e. The first-order valence-corrected chi connectivity index (χ1v) is 6.95. The lowest BCUT2D eigenvalue weighted by molar-refractivity contribution is -0.120. The molecule has 3 nitrogen and oxygen atoms in total. The van der Waals surface area contributed by atoms with Crippen molar-refractivity contribution in [3.05, 3.63) is 28.2 Å². The first kappa shape index (κ1) is 15.9. The predicted molar refractivity (Wildman–Crippen MR) is 75.1 cm³/mol. The van der Waals surface area contributed by atoms with Crippen molar-refractivity contribution in [2.45, 2.75) is 32.7 Å². The Kier molecular flexibility index (Phi) is 6.21. The number of anilines is 1. The molecule has 19 heavy (non-hydrogen) atoms. The second kappa shape index (κ2) is 7.43. The van der Waals surface area contributed by atoms with Gasteiger partial charge in [0.05, 0.1) is 16.7 Å². The number of rotatable bonds is 6. The lowest BCUT2D eigenvalue weighted by Crippen LogP contribution is -2.37. The zero-order chi connectivity index (χ0) is 14.4. The molecule has 0 saturated heterocycles. The molecule has 1 aromatic carbocycles. The molecular weight excluding hydrogens is 318 g/mol. The number of halogens is 3. The molecule has 2 N–H and O–H groups in total. The van der Waals surface area contributed by atoms with Crippen LogP contribution in [0, 0.1) is 11.6 Å². The van der Waals surface area contributed by atoms with Gasteiger partial charge < -0.3 is 10.6 Å². The quantitative estimate of drug-likeness (QED) is 0.782. The minimum atomic E-state index is -0.608. The van der Waals surface area contributed by atoms with Crippen LogP contribution in [0.3, 0.4) is 0 Å². The Labute approximate surface area is 119 Å². The Hall–Kier alpha value is -1.17. The van der Waals surface area contributed by atoms with Crippen LogP contribution in [0.4, 0.5) is 14.5 Å². The van der Waals surface area contributed by atoms with Gasteiger partial charge in [-0.05, 0) is 34.8 Å². The first-order valence-electron chi connectivity index (χ1n) is 6.15. The van der Waals surface area contributed by atoms with Gasteiger partial charge in [-0.2, -0.15) is 0 Å². The molecule has 0 aliphatic carbocycles. The molecule has 1 amide bonds. The van der Waals surface area contributed by atoms with Crippen LogP contribution in [-0.4, -0.2) is 18.5 Å². The topological polar surface area (TPSA) is 41.1 Å². The van der Waals surface area contributed by atoms with Crippen molar-refractivity contribution in [1.29, 1.82) is 0 Å². The first-order chi connectivity index (χ1) is 8.97. The normalized spacial score (nSPS) is 10.6. The Morgan fingerprint density at radius 3 is 2.47 bits per heavy atom. The summed E-state index contributed by atoms with van der Waals surface area (Å²) in [5.41, 5.74) is -0.0274. The van der Waals surface area contributed by atoms with Crippen LogP contribution in [-0.2, 0) is 4.79 Å². The minimum absolute atomic E-state index is 0.0274. The summed E-state index contributed by atoms with van der Waals surface area (Å²) in [5.74, 6) is -1.43. The van der Waals surface area contributed by atoms with Crippen LogP contribution < -0.4 is 10.6 Å². The highest BCUT2D eigenvalue weighted by Crippen LogP contribution is 2.23. The molecule has 0 aliphatic heterocycles. The molecule has 1 rings (SSSR count).